The van der Waals surface area contributed by atoms with Gasteiger partial charge in [-0.3, -0.25) is 4.79 Å². The van der Waals surface area contributed by atoms with E-state index in [1.54, 1.807) is 0 Å². The molecule has 0 spiro atoms. The van der Waals surface area contributed by atoms with E-state index in [1.807, 2.05) is 0 Å². The molecule has 0 bridgehead atoms. The molecule has 164 valence electrons. The number of carbonyl (C=O) groups excluding carboxylic acids is 1. The van der Waals surface area contributed by atoms with Gasteiger partial charge in [0.2, 0.25) is 0 Å². The summed E-state index contributed by atoms with van der Waals surface area (Å²) in [4.78, 5) is 11.3. The first-order valence-electron chi connectivity index (χ1n) is 11.0. The summed E-state index contributed by atoms with van der Waals surface area (Å²) >= 11 is 0. The van der Waals surface area contributed by atoms with E-state index >= 15 is 0 Å². The molecule has 28 heavy (non-hydrogen) atoms. The van der Waals surface area contributed by atoms with Gasteiger partial charge in [0, 0.05) is 6.42 Å². The summed E-state index contributed by atoms with van der Waals surface area (Å²) in [6, 6.07) is 0. The van der Waals surface area contributed by atoms with Crippen molar-refractivity contribution in [2.75, 3.05) is 7.11 Å². The van der Waals surface area contributed by atoms with Crippen LogP contribution in [0.4, 0.5) is 0 Å². The van der Waals surface area contributed by atoms with Gasteiger partial charge < -0.3 is 5.61 Å². The maximum Gasteiger partial charge on any atom is 1.00 e. The van der Waals surface area contributed by atoms with E-state index in [0.717, 1.165) is 20.0 Å². The minimum absolute atomic E-state index is 0. The van der Waals surface area contributed by atoms with Crippen LogP contribution in [-0.4, -0.2) is 21.5 Å². The van der Waals surface area contributed by atoms with Gasteiger partial charge in [-0.05, 0) is 6.42 Å². The molecule has 0 aromatic carbocycles. The summed E-state index contributed by atoms with van der Waals surface area (Å²) < 4.78 is 30.2. The summed E-state index contributed by atoms with van der Waals surface area (Å²) in [5.41, 5.74) is 0. The summed E-state index contributed by atoms with van der Waals surface area (Å²) in [6.45, 7) is 2.26. The van der Waals surface area contributed by atoms with Crippen LogP contribution in [0, 0.1) is 0 Å². The molecule has 7 heteroatoms. The zero-order valence-corrected chi connectivity index (χ0v) is 21.5. The first-order valence-corrected chi connectivity index (χ1v) is 12.4. The number of carbonyl (C=O) groups is 1. The molecule has 0 aromatic heterocycles. The minimum Gasteiger partial charge on any atom is -1.00 e. The first kappa shape index (κ1) is 30.6. The van der Waals surface area contributed by atoms with Crippen LogP contribution in [-0.2, 0) is 23.6 Å². The standard InChI is InChI=1S/C21H42O5S.Na.H/c1-3-4-5-6-7-8-9-10-11-12-13-14-15-16-17-18-19-20-21(22)26-27(23,24)25-2;;/h3-20H2,1-2H3;;/q;+1;-1. The summed E-state index contributed by atoms with van der Waals surface area (Å²) in [6.07, 6.45) is 21.8. The van der Waals surface area contributed by atoms with Crippen LogP contribution in [0.25, 0.3) is 0 Å². The van der Waals surface area contributed by atoms with Gasteiger partial charge in [-0.2, -0.15) is 8.42 Å². The van der Waals surface area contributed by atoms with Crippen LogP contribution in [0.5, 0.6) is 0 Å². The van der Waals surface area contributed by atoms with Crippen LogP contribution in [0.15, 0.2) is 0 Å². The van der Waals surface area contributed by atoms with E-state index in [9.17, 15) is 13.2 Å². The Balaban J connectivity index is -0.00000338. The Labute approximate surface area is 197 Å². The molecule has 0 saturated heterocycles. The predicted octanol–water partition coefficient (Wildman–Crippen LogP) is 3.58. The zero-order chi connectivity index (χ0) is 20.2. The van der Waals surface area contributed by atoms with Crippen molar-refractivity contribution in [3.63, 3.8) is 0 Å². The Morgan fingerprint density at radius 3 is 1.32 bits per heavy atom. The van der Waals surface area contributed by atoms with Crippen molar-refractivity contribution >= 4 is 16.4 Å². The first-order chi connectivity index (χ1) is 13.0. The Hall–Kier alpha value is 0.380. The second-order valence-electron chi connectivity index (χ2n) is 7.44. The van der Waals surface area contributed by atoms with E-state index in [1.165, 1.54) is 89.9 Å². The second kappa shape index (κ2) is 22.1. The molecule has 0 aliphatic heterocycles. The SMILES string of the molecule is CCCCCCCCCCCCCCCCCCCC(=O)OS(=O)(=O)OC.[H-].[Na+]. The van der Waals surface area contributed by atoms with E-state index in [4.69, 9.17) is 0 Å². The van der Waals surface area contributed by atoms with Gasteiger partial charge >= 0.3 is 45.9 Å². The Kier molecular flexibility index (Phi) is 24.1. The maximum absolute atomic E-state index is 11.3. The summed E-state index contributed by atoms with van der Waals surface area (Å²) in [7, 11) is -3.17. The van der Waals surface area contributed by atoms with Crippen molar-refractivity contribution in [3.05, 3.63) is 0 Å². The zero-order valence-electron chi connectivity index (χ0n) is 19.7. The quantitative estimate of drug-likeness (QED) is 0.218. The fourth-order valence-electron chi connectivity index (χ4n) is 3.18. The fraction of sp³-hybridized carbons (Fsp3) is 0.952. The van der Waals surface area contributed by atoms with Crippen molar-refractivity contribution in [1.82, 2.24) is 0 Å². The second-order valence-corrected chi connectivity index (χ2v) is 8.75. The molecule has 0 unspecified atom stereocenters. The number of hydrogen-bond acceptors (Lipinski definition) is 5. The number of hydrogen-bond donors (Lipinski definition) is 0. The van der Waals surface area contributed by atoms with E-state index in [-0.39, 0.29) is 37.4 Å². The molecular weight excluding hydrogens is 387 g/mol. The van der Waals surface area contributed by atoms with Crippen molar-refractivity contribution in [1.29, 1.82) is 0 Å². The van der Waals surface area contributed by atoms with Crippen LogP contribution >= 0.6 is 0 Å². The Morgan fingerprint density at radius 2 is 1.00 bits per heavy atom. The molecule has 0 rings (SSSR count). The van der Waals surface area contributed by atoms with Crippen molar-refractivity contribution < 1.29 is 52.6 Å². The van der Waals surface area contributed by atoms with E-state index in [0.29, 0.717) is 6.42 Å². The van der Waals surface area contributed by atoms with E-state index in [2.05, 4.69) is 15.3 Å². The third kappa shape index (κ3) is 22.7. The normalized spacial score (nSPS) is 11.2. The summed E-state index contributed by atoms with van der Waals surface area (Å²) in [5.74, 6) is -0.738. The van der Waals surface area contributed by atoms with Crippen molar-refractivity contribution in [2.45, 2.75) is 122 Å². The van der Waals surface area contributed by atoms with Gasteiger partial charge in [0.05, 0.1) is 7.11 Å². The van der Waals surface area contributed by atoms with Crippen LogP contribution < -0.4 is 29.6 Å². The third-order valence-corrected chi connectivity index (χ3v) is 5.68. The topological polar surface area (TPSA) is 69.7 Å². The molecule has 0 heterocycles. The molecule has 0 fully saturated rings. The van der Waals surface area contributed by atoms with Crippen molar-refractivity contribution in [2.24, 2.45) is 0 Å². The van der Waals surface area contributed by atoms with Crippen LogP contribution in [0.1, 0.15) is 124 Å². The molecule has 0 atom stereocenters. The number of unbranched alkanes of at least 4 members (excludes halogenated alkanes) is 16. The van der Waals surface area contributed by atoms with Gasteiger partial charge in [-0.25, -0.2) is 4.18 Å². The van der Waals surface area contributed by atoms with Gasteiger partial charge in [0.25, 0.3) is 0 Å². The molecule has 0 radical (unpaired) electrons. The minimum atomic E-state index is -4.14. The van der Waals surface area contributed by atoms with Crippen LogP contribution in [0.3, 0.4) is 0 Å². The third-order valence-electron chi connectivity index (χ3n) is 4.88. The Bertz CT molecular complexity index is 446. The molecule has 0 aliphatic carbocycles. The van der Waals surface area contributed by atoms with E-state index < -0.39 is 16.4 Å². The maximum atomic E-state index is 11.3. The molecule has 0 saturated carbocycles. The monoisotopic (exact) mass is 430 g/mol. The molecule has 0 amide bonds. The van der Waals surface area contributed by atoms with Gasteiger partial charge in [-0.15, -0.1) is 0 Å². The number of rotatable bonds is 20. The smallest absolute Gasteiger partial charge is 1.00 e. The molecular formula is C21H43NaO5S. The average molecular weight is 431 g/mol. The molecule has 0 aliphatic rings. The van der Waals surface area contributed by atoms with Gasteiger partial charge in [-0.1, -0.05) is 110 Å². The fourth-order valence-corrected chi connectivity index (χ4v) is 3.56. The summed E-state index contributed by atoms with van der Waals surface area (Å²) in [5, 5.41) is 0. The molecule has 5 nitrogen and oxygen atoms in total. The van der Waals surface area contributed by atoms with Gasteiger partial charge in [0.1, 0.15) is 0 Å². The van der Waals surface area contributed by atoms with Crippen molar-refractivity contribution in [3.8, 4) is 0 Å². The van der Waals surface area contributed by atoms with Gasteiger partial charge in [0.15, 0.2) is 0 Å². The largest absolute Gasteiger partial charge is 1.00 e. The molecule has 0 aromatic rings. The Morgan fingerprint density at radius 1 is 0.679 bits per heavy atom. The van der Waals surface area contributed by atoms with Crippen LogP contribution in [0.2, 0.25) is 0 Å². The molecule has 0 N–H and O–H groups in total. The average Bonchev–Trinajstić information content (AvgIpc) is 2.64. The predicted molar refractivity (Wildman–Crippen MR) is 112 cm³/mol.